The minimum atomic E-state index is -4.49. The summed E-state index contributed by atoms with van der Waals surface area (Å²) in [6, 6.07) is 6.53. The van der Waals surface area contributed by atoms with Crippen molar-refractivity contribution in [3.63, 3.8) is 0 Å². The van der Waals surface area contributed by atoms with E-state index >= 15 is 0 Å². The first kappa shape index (κ1) is 13.6. The van der Waals surface area contributed by atoms with Gasteiger partial charge in [-0.15, -0.1) is 0 Å². The van der Waals surface area contributed by atoms with Crippen molar-refractivity contribution in [1.29, 1.82) is 0 Å². The lowest BCUT2D eigenvalue weighted by Crippen LogP contribution is -2.15. The van der Waals surface area contributed by atoms with Crippen LogP contribution in [0.15, 0.2) is 36.5 Å². The van der Waals surface area contributed by atoms with Crippen molar-refractivity contribution >= 4 is 0 Å². The zero-order chi connectivity index (χ0) is 14.0. The third-order valence-corrected chi connectivity index (χ3v) is 2.89. The van der Waals surface area contributed by atoms with Gasteiger partial charge in [0.25, 0.3) is 0 Å². The molecule has 0 aliphatic carbocycles. The second kappa shape index (κ2) is 5.05. The zero-order valence-electron chi connectivity index (χ0n) is 10.2. The topological polar surface area (TPSA) is 38.0 Å². The Hall–Kier alpha value is -1.82. The maximum atomic E-state index is 12.9. The van der Waals surface area contributed by atoms with E-state index in [1.165, 1.54) is 35.1 Å². The third kappa shape index (κ3) is 2.63. The molecule has 0 saturated carbocycles. The van der Waals surface area contributed by atoms with Gasteiger partial charge in [-0.3, -0.25) is 4.68 Å². The van der Waals surface area contributed by atoms with E-state index < -0.39 is 17.8 Å². The smallest absolute Gasteiger partial charge is 0.382 e. The summed E-state index contributed by atoms with van der Waals surface area (Å²) in [6.07, 6.45) is -4.38. The normalized spacial score (nSPS) is 13.5. The average Bonchev–Trinajstić information content (AvgIpc) is 2.85. The predicted molar refractivity (Wildman–Crippen MR) is 63.4 cm³/mol. The van der Waals surface area contributed by atoms with Crippen LogP contribution in [0.3, 0.4) is 0 Å². The van der Waals surface area contributed by atoms with Crippen LogP contribution in [0.4, 0.5) is 13.2 Å². The molecule has 0 saturated heterocycles. The largest absolute Gasteiger partial charge is 0.416 e. The summed E-state index contributed by atoms with van der Waals surface area (Å²) in [7, 11) is 0. The van der Waals surface area contributed by atoms with E-state index in [1.54, 1.807) is 6.92 Å². The molecule has 1 atom stereocenters. The molecule has 0 bridgehead atoms. The van der Waals surface area contributed by atoms with Crippen LogP contribution in [0.25, 0.3) is 0 Å². The fourth-order valence-corrected chi connectivity index (χ4v) is 1.99. The van der Waals surface area contributed by atoms with Crippen LogP contribution < -0.4 is 0 Å². The lowest BCUT2D eigenvalue weighted by Gasteiger charge is -2.18. The van der Waals surface area contributed by atoms with Gasteiger partial charge in [0.1, 0.15) is 6.10 Å². The fraction of sp³-hybridized carbons (Fsp3) is 0.308. The van der Waals surface area contributed by atoms with Crippen molar-refractivity contribution in [1.82, 2.24) is 9.78 Å². The molecule has 3 nitrogen and oxygen atoms in total. The molecule has 0 spiro atoms. The van der Waals surface area contributed by atoms with Crippen molar-refractivity contribution in [2.45, 2.75) is 25.7 Å². The number of aliphatic hydroxyl groups is 1. The number of halogens is 3. The number of aromatic nitrogens is 2. The lowest BCUT2D eigenvalue weighted by atomic mass is 10.00. The Balaban J connectivity index is 2.48. The van der Waals surface area contributed by atoms with Crippen LogP contribution in [0.5, 0.6) is 0 Å². The van der Waals surface area contributed by atoms with Gasteiger partial charge in [0.2, 0.25) is 0 Å². The van der Waals surface area contributed by atoms with E-state index in [9.17, 15) is 18.3 Å². The summed E-state index contributed by atoms with van der Waals surface area (Å²) in [5.41, 5.74) is -0.643. The van der Waals surface area contributed by atoms with Crippen LogP contribution in [0, 0.1) is 0 Å². The Morgan fingerprint density at radius 3 is 2.58 bits per heavy atom. The van der Waals surface area contributed by atoms with Gasteiger partial charge >= 0.3 is 6.18 Å². The number of aliphatic hydroxyl groups excluding tert-OH is 1. The average molecular weight is 270 g/mol. The third-order valence-electron chi connectivity index (χ3n) is 2.89. The number of benzene rings is 1. The van der Waals surface area contributed by atoms with Crippen LogP contribution >= 0.6 is 0 Å². The minimum absolute atomic E-state index is 0.162. The molecule has 1 aromatic heterocycles. The van der Waals surface area contributed by atoms with E-state index in [2.05, 4.69) is 5.10 Å². The fourth-order valence-electron chi connectivity index (χ4n) is 1.99. The lowest BCUT2D eigenvalue weighted by molar-refractivity contribution is -0.139. The molecule has 0 aliphatic rings. The number of rotatable bonds is 3. The van der Waals surface area contributed by atoms with E-state index in [1.807, 2.05) is 0 Å². The van der Waals surface area contributed by atoms with Crippen LogP contribution in [-0.2, 0) is 12.7 Å². The SMILES string of the molecule is CCn1nccc1C(O)c1ccccc1C(F)(F)F. The molecule has 102 valence electrons. The highest BCUT2D eigenvalue weighted by molar-refractivity contribution is 5.35. The summed E-state index contributed by atoms with van der Waals surface area (Å²) < 4.78 is 40.2. The van der Waals surface area contributed by atoms with Crippen molar-refractivity contribution in [3.05, 3.63) is 53.3 Å². The van der Waals surface area contributed by atoms with Crippen LogP contribution in [0.2, 0.25) is 0 Å². The molecule has 0 amide bonds. The first-order valence-electron chi connectivity index (χ1n) is 5.81. The number of hydrogen-bond acceptors (Lipinski definition) is 2. The molecule has 1 unspecified atom stereocenters. The Kier molecular flexibility index (Phi) is 3.61. The van der Waals surface area contributed by atoms with Crippen LogP contribution in [-0.4, -0.2) is 14.9 Å². The molecular formula is C13H13F3N2O. The van der Waals surface area contributed by atoms with Crippen molar-refractivity contribution in [3.8, 4) is 0 Å². The number of nitrogens with zero attached hydrogens (tertiary/aromatic N) is 2. The first-order chi connectivity index (χ1) is 8.95. The first-order valence-corrected chi connectivity index (χ1v) is 5.81. The zero-order valence-corrected chi connectivity index (χ0v) is 10.2. The van der Waals surface area contributed by atoms with Gasteiger partial charge in [0.15, 0.2) is 0 Å². The quantitative estimate of drug-likeness (QED) is 0.931. The molecule has 2 aromatic rings. The van der Waals surface area contributed by atoms with Crippen LogP contribution in [0.1, 0.15) is 29.8 Å². The molecule has 0 aliphatic heterocycles. The molecule has 19 heavy (non-hydrogen) atoms. The summed E-state index contributed by atoms with van der Waals surface area (Å²) in [5, 5.41) is 14.1. The predicted octanol–water partition coefficient (Wildman–Crippen LogP) is 3.00. The van der Waals surface area contributed by atoms with Gasteiger partial charge in [-0.05, 0) is 24.6 Å². The summed E-state index contributed by atoms with van der Waals surface area (Å²) >= 11 is 0. The molecule has 0 fully saturated rings. The highest BCUT2D eigenvalue weighted by atomic mass is 19.4. The molecule has 1 N–H and O–H groups in total. The van der Waals surface area contributed by atoms with Gasteiger partial charge in [-0.1, -0.05) is 18.2 Å². The summed E-state index contributed by atoms with van der Waals surface area (Å²) in [5.74, 6) is 0. The minimum Gasteiger partial charge on any atom is -0.382 e. The summed E-state index contributed by atoms with van der Waals surface area (Å²) in [6.45, 7) is 2.28. The number of alkyl halides is 3. The van der Waals surface area contributed by atoms with E-state index in [0.29, 0.717) is 12.2 Å². The molecule has 2 rings (SSSR count). The second-order valence-electron chi connectivity index (χ2n) is 4.06. The monoisotopic (exact) mass is 270 g/mol. The van der Waals surface area contributed by atoms with Gasteiger partial charge in [0.05, 0.1) is 11.3 Å². The van der Waals surface area contributed by atoms with Gasteiger partial charge < -0.3 is 5.11 Å². The van der Waals surface area contributed by atoms with Gasteiger partial charge in [0, 0.05) is 12.7 Å². The highest BCUT2D eigenvalue weighted by Crippen LogP contribution is 2.36. The maximum Gasteiger partial charge on any atom is 0.416 e. The maximum absolute atomic E-state index is 12.9. The van der Waals surface area contributed by atoms with Crippen molar-refractivity contribution in [2.75, 3.05) is 0 Å². The van der Waals surface area contributed by atoms with E-state index in [0.717, 1.165) is 6.07 Å². The molecule has 0 radical (unpaired) electrons. The van der Waals surface area contributed by atoms with E-state index in [4.69, 9.17) is 0 Å². The Morgan fingerprint density at radius 1 is 1.26 bits per heavy atom. The Morgan fingerprint density at radius 2 is 1.95 bits per heavy atom. The van der Waals surface area contributed by atoms with Crippen molar-refractivity contribution in [2.24, 2.45) is 0 Å². The van der Waals surface area contributed by atoms with Gasteiger partial charge in [-0.2, -0.15) is 18.3 Å². The molecular weight excluding hydrogens is 257 g/mol. The second-order valence-corrected chi connectivity index (χ2v) is 4.06. The Labute approximate surface area is 108 Å². The standard InChI is InChI=1S/C13H13F3N2O/c1-2-18-11(7-8-17-18)12(19)9-5-3-4-6-10(9)13(14,15)16/h3-8,12,19H,2H2,1H3. The number of hydrogen-bond donors (Lipinski definition) is 1. The Bertz CT molecular complexity index is 563. The molecule has 6 heteroatoms. The van der Waals surface area contributed by atoms with Gasteiger partial charge in [-0.25, -0.2) is 0 Å². The molecule has 1 heterocycles. The van der Waals surface area contributed by atoms with E-state index in [-0.39, 0.29) is 5.56 Å². The van der Waals surface area contributed by atoms with Crippen molar-refractivity contribution < 1.29 is 18.3 Å². The summed E-state index contributed by atoms with van der Waals surface area (Å²) in [4.78, 5) is 0. The number of aryl methyl sites for hydroxylation is 1. The molecule has 1 aromatic carbocycles. The highest BCUT2D eigenvalue weighted by Gasteiger charge is 2.35.